The molecule has 1 atom stereocenters. The molecule has 0 N–H and O–H groups in total. The van der Waals surface area contributed by atoms with Gasteiger partial charge >= 0.3 is 0 Å². The summed E-state index contributed by atoms with van der Waals surface area (Å²) in [7, 11) is 0. The normalized spacial score (nSPS) is 20.0. The van der Waals surface area contributed by atoms with Gasteiger partial charge in [0, 0.05) is 36.0 Å². The van der Waals surface area contributed by atoms with Crippen molar-refractivity contribution in [3.63, 3.8) is 0 Å². The zero-order valence-electron chi connectivity index (χ0n) is 18.4. The fourth-order valence-corrected chi connectivity index (χ4v) is 5.30. The van der Waals surface area contributed by atoms with Crippen LogP contribution in [0.1, 0.15) is 49.9 Å². The Balaban J connectivity index is 1.59. The van der Waals surface area contributed by atoms with Crippen LogP contribution in [0.15, 0.2) is 48.8 Å². The van der Waals surface area contributed by atoms with Crippen molar-refractivity contribution in [2.24, 2.45) is 0 Å². The summed E-state index contributed by atoms with van der Waals surface area (Å²) in [6, 6.07) is 10.6. The average Bonchev–Trinajstić information content (AvgIpc) is 3.26. The van der Waals surface area contributed by atoms with Crippen LogP contribution >= 0.6 is 0 Å². The van der Waals surface area contributed by atoms with Crippen molar-refractivity contribution in [3.05, 3.63) is 65.5 Å². The number of aromatic nitrogens is 3. The summed E-state index contributed by atoms with van der Waals surface area (Å²) in [6.07, 6.45) is 8.17. The molecule has 2 fully saturated rings. The second-order valence-corrected chi connectivity index (χ2v) is 9.02. The molecule has 0 aliphatic carbocycles. The molecule has 6 rings (SSSR count). The van der Waals surface area contributed by atoms with Crippen molar-refractivity contribution in [3.8, 4) is 11.1 Å². The molecule has 2 aliphatic rings. The summed E-state index contributed by atoms with van der Waals surface area (Å²) in [5.41, 5.74) is 3.41. The highest BCUT2D eigenvalue weighted by Gasteiger charge is 2.30. The van der Waals surface area contributed by atoms with Gasteiger partial charge in [-0.1, -0.05) is 12.1 Å². The number of halogens is 1. The predicted octanol–water partition coefficient (Wildman–Crippen LogP) is 5.22. The Kier molecular flexibility index (Phi) is 5.23. The third-order valence-corrected chi connectivity index (χ3v) is 6.96. The van der Waals surface area contributed by atoms with Crippen LogP contribution in [-0.4, -0.2) is 29.6 Å². The first-order valence-corrected chi connectivity index (χ1v) is 11.7. The molecule has 7 heteroatoms. The van der Waals surface area contributed by atoms with Crippen molar-refractivity contribution in [2.75, 3.05) is 19.8 Å². The number of hydrogen-bond acceptors (Lipinski definition) is 4. The van der Waals surface area contributed by atoms with Gasteiger partial charge in [-0.2, -0.15) is 9.83 Å². The lowest BCUT2D eigenvalue weighted by Crippen LogP contribution is -2.36. The van der Waals surface area contributed by atoms with Gasteiger partial charge in [-0.25, -0.2) is 9.07 Å². The number of nitrogens with zero attached hydrogens (tertiary/aromatic N) is 3. The van der Waals surface area contributed by atoms with E-state index in [0.29, 0.717) is 13.2 Å². The SMILES string of the molecule is [O-][n+]1cc2cc3c(cnn3C3CCCCO3)cc2c(-c2ccc(F)cc2)c1C1CCOCC1. The third kappa shape index (κ3) is 3.65. The van der Waals surface area contributed by atoms with E-state index in [2.05, 4.69) is 11.2 Å². The molecule has 2 aromatic heterocycles. The second kappa shape index (κ2) is 8.39. The first kappa shape index (κ1) is 20.6. The highest BCUT2D eigenvalue weighted by molar-refractivity contribution is 6.04. The second-order valence-electron chi connectivity index (χ2n) is 9.02. The van der Waals surface area contributed by atoms with Crippen LogP contribution in [0.25, 0.3) is 32.8 Å². The number of ether oxygens (including phenoxy) is 2. The summed E-state index contributed by atoms with van der Waals surface area (Å²) in [4.78, 5) is 0. The van der Waals surface area contributed by atoms with Gasteiger partial charge in [0.25, 0.3) is 0 Å². The maximum atomic E-state index is 13.7. The fourth-order valence-electron chi connectivity index (χ4n) is 5.30. The van der Waals surface area contributed by atoms with Crippen LogP contribution in [0.4, 0.5) is 4.39 Å². The lowest BCUT2D eigenvalue weighted by atomic mass is 9.87. The Morgan fingerprint density at radius 2 is 1.82 bits per heavy atom. The van der Waals surface area contributed by atoms with Crippen LogP contribution in [0.5, 0.6) is 0 Å². The molecule has 2 saturated heterocycles. The van der Waals surface area contributed by atoms with E-state index in [1.807, 2.05) is 16.9 Å². The molecule has 0 spiro atoms. The van der Waals surface area contributed by atoms with E-state index in [1.165, 1.54) is 12.1 Å². The summed E-state index contributed by atoms with van der Waals surface area (Å²) >= 11 is 0. The Hall–Kier alpha value is -3.03. The molecule has 0 amide bonds. The lowest BCUT2D eigenvalue weighted by molar-refractivity contribution is -0.613. The first-order valence-electron chi connectivity index (χ1n) is 11.7. The van der Waals surface area contributed by atoms with E-state index in [1.54, 1.807) is 18.3 Å². The molecule has 4 aromatic rings. The predicted molar refractivity (Wildman–Crippen MR) is 123 cm³/mol. The Morgan fingerprint density at radius 3 is 2.58 bits per heavy atom. The van der Waals surface area contributed by atoms with Crippen LogP contribution in [0, 0.1) is 11.0 Å². The fraction of sp³-hybridized carbons (Fsp3) is 0.385. The van der Waals surface area contributed by atoms with Crippen molar-refractivity contribution in [2.45, 2.75) is 44.2 Å². The van der Waals surface area contributed by atoms with Crippen molar-refractivity contribution >= 4 is 21.7 Å². The smallest absolute Gasteiger partial charge is 0.204 e. The molecular weight excluding hydrogens is 421 g/mol. The summed E-state index contributed by atoms with van der Waals surface area (Å²) in [6.45, 7) is 2.01. The minimum absolute atomic E-state index is 0.0776. The molecular formula is C26H26FN3O3. The highest BCUT2D eigenvalue weighted by Crippen LogP contribution is 2.39. The standard InChI is InChI=1S/C26H26FN3O3/c27-21-6-4-17(5-7-21)25-22-13-19-15-28-30(24-3-1-2-10-33-24)23(19)14-20(22)16-29(31)26(25)18-8-11-32-12-9-18/h4-7,13-16,18,24H,1-3,8-12H2. The molecule has 33 heavy (non-hydrogen) atoms. The van der Waals surface area contributed by atoms with E-state index >= 15 is 0 Å². The third-order valence-electron chi connectivity index (χ3n) is 6.96. The van der Waals surface area contributed by atoms with E-state index in [9.17, 15) is 9.60 Å². The first-order chi connectivity index (χ1) is 16.2. The number of hydrogen-bond donors (Lipinski definition) is 0. The van der Waals surface area contributed by atoms with Gasteiger partial charge in [0.05, 0.1) is 23.2 Å². The molecule has 2 aromatic carbocycles. The molecule has 4 heterocycles. The van der Waals surface area contributed by atoms with Crippen molar-refractivity contribution in [1.29, 1.82) is 0 Å². The van der Waals surface area contributed by atoms with Gasteiger partial charge < -0.3 is 14.7 Å². The van der Waals surface area contributed by atoms with Gasteiger partial charge in [-0.05, 0) is 61.9 Å². The van der Waals surface area contributed by atoms with Crippen LogP contribution in [0.2, 0.25) is 0 Å². The average molecular weight is 448 g/mol. The maximum absolute atomic E-state index is 13.7. The number of benzene rings is 2. The van der Waals surface area contributed by atoms with Crippen molar-refractivity contribution < 1.29 is 18.6 Å². The number of pyridine rings is 1. The maximum Gasteiger partial charge on any atom is 0.204 e. The van der Waals surface area contributed by atoms with Crippen molar-refractivity contribution in [1.82, 2.24) is 9.78 Å². The zero-order chi connectivity index (χ0) is 22.4. The van der Waals surface area contributed by atoms with Crippen LogP contribution in [-0.2, 0) is 9.47 Å². The Morgan fingerprint density at radius 1 is 1.00 bits per heavy atom. The minimum Gasteiger partial charge on any atom is -0.618 e. The zero-order valence-corrected chi connectivity index (χ0v) is 18.4. The summed E-state index contributed by atoms with van der Waals surface area (Å²) in [5, 5.41) is 20.9. The minimum atomic E-state index is -0.294. The molecule has 1 unspecified atom stereocenters. The lowest BCUT2D eigenvalue weighted by Gasteiger charge is -2.24. The monoisotopic (exact) mass is 447 g/mol. The molecule has 0 bridgehead atoms. The molecule has 2 aliphatic heterocycles. The van der Waals surface area contributed by atoms with Gasteiger partial charge in [-0.15, -0.1) is 0 Å². The van der Waals surface area contributed by atoms with E-state index in [0.717, 1.165) is 81.9 Å². The van der Waals surface area contributed by atoms with Gasteiger partial charge in [-0.3, -0.25) is 0 Å². The topological polar surface area (TPSA) is 63.2 Å². The summed E-state index contributed by atoms with van der Waals surface area (Å²) in [5.74, 6) is -0.201. The Bertz CT molecular complexity index is 1310. The molecule has 0 saturated carbocycles. The molecule has 170 valence electrons. The summed E-state index contributed by atoms with van der Waals surface area (Å²) < 4.78 is 28.2. The van der Waals surface area contributed by atoms with Gasteiger partial charge in [0.1, 0.15) is 5.82 Å². The van der Waals surface area contributed by atoms with Gasteiger partial charge in [0.15, 0.2) is 12.4 Å². The number of rotatable bonds is 3. The molecule has 6 nitrogen and oxygen atoms in total. The quantitative estimate of drug-likeness (QED) is 0.319. The van der Waals surface area contributed by atoms with Crippen LogP contribution in [0.3, 0.4) is 0 Å². The van der Waals surface area contributed by atoms with Gasteiger partial charge in [0.2, 0.25) is 5.69 Å². The number of fused-ring (bicyclic) bond motifs is 2. The Labute approximate surface area is 191 Å². The van der Waals surface area contributed by atoms with Crippen LogP contribution < -0.4 is 4.73 Å². The largest absolute Gasteiger partial charge is 0.618 e. The van der Waals surface area contributed by atoms with E-state index in [4.69, 9.17) is 9.47 Å². The van der Waals surface area contributed by atoms with E-state index in [-0.39, 0.29) is 18.0 Å². The molecule has 0 radical (unpaired) electrons. The van der Waals surface area contributed by atoms with E-state index < -0.39 is 0 Å². The highest BCUT2D eigenvalue weighted by atomic mass is 19.1.